The topological polar surface area (TPSA) is 112 Å². The van der Waals surface area contributed by atoms with E-state index in [4.69, 9.17) is 21.8 Å². The van der Waals surface area contributed by atoms with Crippen LogP contribution in [0.5, 0.6) is 0 Å². The summed E-state index contributed by atoms with van der Waals surface area (Å²) in [6, 6.07) is 10.8. The number of anilines is 1. The van der Waals surface area contributed by atoms with Crippen molar-refractivity contribution in [1.82, 2.24) is 25.1 Å². The Bertz CT molecular complexity index is 1110. The highest BCUT2D eigenvalue weighted by atomic mass is 35.5. The van der Waals surface area contributed by atoms with Crippen LogP contribution in [0.1, 0.15) is 5.56 Å². The zero-order valence-corrected chi connectivity index (χ0v) is 14.8. The number of amides is 1. The molecular formula is C18H15ClN6O2. The summed E-state index contributed by atoms with van der Waals surface area (Å²) in [6.07, 6.45) is 3.14. The molecular weight excluding hydrogens is 368 g/mol. The number of aromatic nitrogens is 4. The summed E-state index contributed by atoms with van der Waals surface area (Å²) in [5.41, 5.74) is 7.73. The molecule has 3 aromatic heterocycles. The Morgan fingerprint density at radius 2 is 2.15 bits per heavy atom. The number of furan rings is 1. The second kappa shape index (κ2) is 7.08. The van der Waals surface area contributed by atoms with Crippen LogP contribution >= 0.6 is 11.6 Å². The molecule has 0 fully saturated rings. The van der Waals surface area contributed by atoms with Crippen LogP contribution in [0.25, 0.3) is 22.5 Å². The van der Waals surface area contributed by atoms with Gasteiger partial charge in [-0.25, -0.2) is 9.67 Å². The minimum Gasteiger partial charge on any atom is -0.463 e. The fourth-order valence-electron chi connectivity index (χ4n) is 2.73. The van der Waals surface area contributed by atoms with Crippen molar-refractivity contribution >= 4 is 34.5 Å². The summed E-state index contributed by atoms with van der Waals surface area (Å²) in [5, 5.41) is 8.36. The Balaban J connectivity index is 1.55. The van der Waals surface area contributed by atoms with Crippen LogP contribution in [0.15, 0.2) is 53.3 Å². The van der Waals surface area contributed by atoms with Gasteiger partial charge in [-0.2, -0.15) is 10.1 Å². The van der Waals surface area contributed by atoms with Gasteiger partial charge in [-0.3, -0.25) is 4.79 Å². The summed E-state index contributed by atoms with van der Waals surface area (Å²) in [5.74, 6) is 0.422. The highest BCUT2D eigenvalue weighted by Gasteiger charge is 2.16. The maximum atomic E-state index is 12.3. The van der Waals surface area contributed by atoms with E-state index in [1.807, 2.05) is 12.1 Å². The largest absolute Gasteiger partial charge is 0.463 e. The molecule has 27 heavy (non-hydrogen) atoms. The van der Waals surface area contributed by atoms with Crippen LogP contribution < -0.4 is 11.1 Å². The van der Waals surface area contributed by atoms with E-state index < -0.39 is 0 Å². The summed E-state index contributed by atoms with van der Waals surface area (Å²) < 4.78 is 6.88. The molecule has 0 aliphatic carbocycles. The molecule has 3 N–H and O–H groups in total. The highest BCUT2D eigenvalue weighted by molar-refractivity contribution is 6.30. The number of hydrogen-bond acceptors (Lipinski definition) is 6. The molecule has 0 saturated heterocycles. The van der Waals surface area contributed by atoms with Crippen molar-refractivity contribution in [3.05, 3.63) is 59.4 Å². The van der Waals surface area contributed by atoms with Gasteiger partial charge in [-0.15, -0.1) is 0 Å². The molecule has 4 aromatic rings. The third kappa shape index (κ3) is 3.61. The van der Waals surface area contributed by atoms with Gasteiger partial charge in [-0.1, -0.05) is 23.7 Å². The Hall–Kier alpha value is -3.39. The van der Waals surface area contributed by atoms with Crippen LogP contribution in [0, 0.1) is 0 Å². The van der Waals surface area contributed by atoms with E-state index in [1.54, 1.807) is 36.7 Å². The predicted octanol–water partition coefficient (Wildman–Crippen LogP) is 2.64. The number of nitrogens with zero attached hydrogens (tertiary/aromatic N) is 4. The average Bonchev–Trinajstić information content (AvgIpc) is 3.30. The van der Waals surface area contributed by atoms with Gasteiger partial charge in [0.05, 0.1) is 17.8 Å². The number of carbonyl (C=O) groups is 1. The normalized spacial score (nSPS) is 11.0. The lowest BCUT2D eigenvalue weighted by Gasteiger charge is -2.07. The summed E-state index contributed by atoms with van der Waals surface area (Å²) >= 11 is 5.95. The smallest absolute Gasteiger partial charge is 0.242 e. The fourth-order valence-corrected chi connectivity index (χ4v) is 2.94. The van der Waals surface area contributed by atoms with E-state index >= 15 is 0 Å². The number of carbonyl (C=O) groups excluding carboxylic acids is 1. The van der Waals surface area contributed by atoms with Gasteiger partial charge < -0.3 is 15.5 Å². The van der Waals surface area contributed by atoms with Crippen molar-refractivity contribution < 1.29 is 9.21 Å². The van der Waals surface area contributed by atoms with E-state index in [2.05, 4.69) is 20.4 Å². The Labute approximate surface area is 159 Å². The number of fused-ring (bicyclic) bond motifs is 1. The van der Waals surface area contributed by atoms with Gasteiger partial charge in [0, 0.05) is 11.6 Å². The third-order valence-corrected chi connectivity index (χ3v) is 4.18. The molecule has 1 aromatic carbocycles. The maximum absolute atomic E-state index is 12.3. The van der Waals surface area contributed by atoms with Crippen LogP contribution in [-0.2, 0) is 17.9 Å². The number of hydrogen-bond donors (Lipinski definition) is 2. The van der Waals surface area contributed by atoms with E-state index in [0.717, 1.165) is 5.56 Å². The first kappa shape index (κ1) is 17.0. The minimum absolute atomic E-state index is 0.00187. The molecule has 4 rings (SSSR count). The van der Waals surface area contributed by atoms with E-state index in [-0.39, 0.29) is 18.4 Å². The van der Waals surface area contributed by atoms with Crippen LogP contribution in [0.2, 0.25) is 5.02 Å². The zero-order valence-electron chi connectivity index (χ0n) is 14.1. The molecule has 0 atom stereocenters. The first-order valence-corrected chi connectivity index (χ1v) is 8.52. The Morgan fingerprint density at radius 1 is 1.26 bits per heavy atom. The molecule has 3 heterocycles. The van der Waals surface area contributed by atoms with Crippen molar-refractivity contribution in [1.29, 1.82) is 0 Å². The minimum atomic E-state index is -0.211. The van der Waals surface area contributed by atoms with E-state index in [1.165, 1.54) is 4.68 Å². The van der Waals surface area contributed by atoms with Crippen molar-refractivity contribution in [3.63, 3.8) is 0 Å². The number of nitrogens with one attached hydrogen (secondary N) is 1. The number of benzene rings is 1. The van der Waals surface area contributed by atoms with Gasteiger partial charge in [-0.05, 0) is 29.8 Å². The third-order valence-electron chi connectivity index (χ3n) is 3.94. The summed E-state index contributed by atoms with van der Waals surface area (Å²) in [6.45, 7) is 0.367. The Kier molecular flexibility index (Phi) is 4.47. The first-order valence-electron chi connectivity index (χ1n) is 8.14. The second-order valence-corrected chi connectivity index (χ2v) is 6.29. The molecule has 0 saturated carbocycles. The van der Waals surface area contributed by atoms with Crippen LogP contribution in [0.3, 0.4) is 0 Å². The molecule has 0 spiro atoms. The lowest BCUT2D eigenvalue weighted by Crippen LogP contribution is -2.27. The van der Waals surface area contributed by atoms with Crippen molar-refractivity contribution in [2.24, 2.45) is 0 Å². The molecule has 0 radical (unpaired) electrons. The molecule has 0 unspecified atom stereocenters. The van der Waals surface area contributed by atoms with Gasteiger partial charge >= 0.3 is 0 Å². The predicted molar refractivity (Wildman–Crippen MR) is 101 cm³/mol. The number of nitrogen functional groups attached to an aromatic ring is 1. The monoisotopic (exact) mass is 382 g/mol. The maximum Gasteiger partial charge on any atom is 0.242 e. The second-order valence-electron chi connectivity index (χ2n) is 5.85. The molecule has 0 bridgehead atoms. The number of halogens is 1. The molecule has 9 heteroatoms. The summed E-state index contributed by atoms with van der Waals surface area (Å²) in [7, 11) is 0. The average molecular weight is 383 g/mol. The number of rotatable bonds is 5. The van der Waals surface area contributed by atoms with Crippen molar-refractivity contribution in [2.45, 2.75) is 13.1 Å². The van der Waals surface area contributed by atoms with Gasteiger partial charge in [0.2, 0.25) is 11.9 Å². The molecule has 136 valence electrons. The van der Waals surface area contributed by atoms with Crippen LogP contribution in [-0.4, -0.2) is 25.7 Å². The fraction of sp³-hybridized carbons (Fsp3) is 0.111. The summed E-state index contributed by atoms with van der Waals surface area (Å²) in [4.78, 5) is 20.8. The van der Waals surface area contributed by atoms with Crippen molar-refractivity contribution in [2.75, 3.05) is 5.73 Å². The molecule has 1 amide bonds. The number of nitrogens with two attached hydrogens (primary N) is 1. The molecule has 8 nitrogen and oxygen atoms in total. The molecule has 0 aliphatic rings. The van der Waals surface area contributed by atoms with Gasteiger partial charge in [0.1, 0.15) is 12.2 Å². The highest BCUT2D eigenvalue weighted by Crippen LogP contribution is 2.26. The standard InChI is InChI=1S/C18H15ClN6O2/c19-12-4-1-3-11(7-12)8-21-15(26)10-25-17-13(9-22-25)16(23-18(20)24-17)14-5-2-6-27-14/h1-7,9H,8,10H2,(H,21,26)(H2,20,23,24). The quantitative estimate of drug-likeness (QED) is 0.548. The van der Waals surface area contributed by atoms with E-state index in [0.29, 0.717) is 34.1 Å². The van der Waals surface area contributed by atoms with Crippen LogP contribution in [0.4, 0.5) is 5.95 Å². The van der Waals surface area contributed by atoms with E-state index in [9.17, 15) is 4.79 Å². The first-order chi connectivity index (χ1) is 13.1. The SMILES string of the molecule is Nc1nc(-c2ccco2)c2cnn(CC(=O)NCc3cccc(Cl)c3)c2n1. The van der Waals surface area contributed by atoms with Crippen molar-refractivity contribution in [3.8, 4) is 11.5 Å². The van der Waals surface area contributed by atoms with Gasteiger partial charge in [0.25, 0.3) is 0 Å². The Morgan fingerprint density at radius 3 is 2.93 bits per heavy atom. The zero-order chi connectivity index (χ0) is 18.8. The van der Waals surface area contributed by atoms with Gasteiger partial charge in [0.15, 0.2) is 11.4 Å². The molecule has 0 aliphatic heterocycles. The lowest BCUT2D eigenvalue weighted by molar-refractivity contribution is -0.121. The lowest BCUT2D eigenvalue weighted by atomic mass is 10.2.